The molecule has 1 aromatic carbocycles. The number of benzene rings is 1. The molecule has 1 saturated heterocycles. The van der Waals surface area contributed by atoms with Crippen LogP contribution in [-0.4, -0.2) is 28.9 Å². The summed E-state index contributed by atoms with van der Waals surface area (Å²) in [7, 11) is 0. The SMILES string of the molecule is Cc1ccc2c(N)c(C(=O)N3CCC(Cc4ccccc4)CC3)sc2n1. The number of hydrogen-bond donors (Lipinski definition) is 1. The highest BCUT2D eigenvalue weighted by atomic mass is 32.1. The quantitative estimate of drug-likeness (QED) is 0.753. The summed E-state index contributed by atoms with van der Waals surface area (Å²) in [4.78, 5) is 20.9. The minimum Gasteiger partial charge on any atom is -0.397 e. The van der Waals surface area contributed by atoms with Gasteiger partial charge in [-0.25, -0.2) is 4.98 Å². The van der Waals surface area contributed by atoms with Crippen LogP contribution in [0.1, 0.15) is 33.8 Å². The van der Waals surface area contributed by atoms with Gasteiger partial charge in [0.15, 0.2) is 0 Å². The summed E-state index contributed by atoms with van der Waals surface area (Å²) < 4.78 is 0. The van der Waals surface area contributed by atoms with Crippen molar-refractivity contribution in [2.45, 2.75) is 26.2 Å². The van der Waals surface area contributed by atoms with E-state index in [0.29, 0.717) is 16.5 Å². The number of thiophene rings is 1. The number of amides is 1. The van der Waals surface area contributed by atoms with E-state index in [0.717, 1.165) is 48.3 Å². The molecule has 1 aliphatic rings. The summed E-state index contributed by atoms with van der Waals surface area (Å²) in [5, 5.41) is 0.892. The Balaban J connectivity index is 1.44. The first kappa shape index (κ1) is 17.0. The number of nitrogens with zero attached hydrogens (tertiary/aromatic N) is 2. The largest absolute Gasteiger partial charge is 0.397 e. The lowest BCUT2D eigenvalue weighted by atomic mass is 9.90. The summed E-state index contributed by atoms with van der Waals surface area (Å²) in [6.07, 6.45) is 3.18. The fourth-order valence-corrected chi connectivity index (χ4v) is 4.79. The van der Waals surface area contributed by atoms with E-state index in [2.05, 4.69) is 35.3 Å². The number of piperidine rings is 1. The second-order valence-corrected chi connectivity index (χ2v) is 8.07. The molecule has 0 atom stereocenters. The van der Waals surface area contributed by atoms with Gasteiger partial charge >= 0.3 is 0 Å². The van der Waals surface area contributed by atoms with Crippen molar-refractivity contribution >= 4 is 33.1 Å². The molecule has 4 rings (SSSR count). The molecule has 2 aromatic heterocycles. The monoisotopic (exact) mass is 365 g/mol. The molecule has 3 aromatic rings. The van der Waals surface area contributed by atoms with Crippen LogP contribution in [0, 0.1) is 12.8 Å². The zero-order chi connectivity index (χ0) is 18.1. The van der Waals surface area contributed by atoms with E-state index in [1.165, 1.54) is 16.9 Å². The van der Waals surface area contributed by atoms with E-state index in [9.17, 15) is 4.79 Å². The van der Waals surface area contributed by atoms with Crippen molar-refractivity contribution in [3.63, 3.8) is 0 Å². The van der Waals surface area contributed by atoms with Gasteiger partial charge in [0.25, 0.3) is 5.91 Å². The van der Waals surface area contributed by atoms with Crippen molar-refractivity contribution in [3.8, 4) is 0 Å². The van der Waals surface area contributed by atoms with E-state index < -0.39 is 0 Å². The molecule has 1 aliphatic heterocycles. The minimum atomic E-state index is 0.0568. The number of carbonyl (C=O) groups excluding carboxylic acids is 1. The smallest absolute Gasteiger partial charge is 0.266 e. The first-order valence-corrected chi connectivity index (χ1v) is 9.92. The van der Waals surface area contributed by atoms with Gasteiger partial charge in [-0.05, 0) is 49.8 Å². The number of carbonyl (C=O) groups is 1. The number of hydrogen-bond acceptors (Lipinski definition) is 4. The first-order chi connectivity index (χ1) is 12.6. The van der Waals surface area contributed by atoms with Crippen LogP contribution in [0.25, 0.3) is 10.2 Å². The topological polar surface area (TPSA) is 59.2 Å². The lowest BCUT2D eigenvalue weighted by molar-refractivity contribution is 0.0696. The Labute approximate surface area is 157 Å². The van der Waals surface area contributed by atoms with Gasteiger partial charge in [-0.3, -0.25) is 4.79 Å². The normalized spacial score (nSPS) is 15.5. The maximum Gasteiger partial charge on any atom is 0.266 e. The number of fused-ring (bicyclic) bond motifs is 1. The lowest BCUT2D eigenvalue weighted by Crippen LogP contribution is -2.38. The molecular formula is C21H23N3OS. The Hall–Kier alpha value is -2.40. The van der Waals surface area contributed by atoms with Gasteiger partial charge in [-0.2, -0.15) is 0 Å². The Kier molecular flexibility index (Phi) is 4.64. The molecule has 0 bridgehead atoms. The van der Waals surface area contributed by atoms with Crippen molar-refractivity contribution in [3.05, 3.63) is 58.6 Å². The second kappa shape index (κ2) is 7.08. The lowest BCUT2D eigenvalue weighted by Gasteiger charge is -2.32. The third-order valence-electron chi connectivity index (χ3n) is 5.20. The van der Waals surface area contributed by atoms with Gasteiger partial charge in [0, 0.05) is 24.2 Å². The van der Waals surface area contributed by atoms with Crippen molar-refractivity contribution in [1.82, 2.24) is 9.88 Å². The van der Waals surface area contributed by atoms with Crippen LogP contribution in [0.4, 0.5) is 5.69 Å². The Morgan fingerprint density at radius 2 is 1.92 bits per heavy atom. The van der Waals surface area contributed by atoms with Crippen molar-refractivity contribution in [1.29, 1.82) is 0 Å². The molecular weight excluding hydrogens is 342 g/mol. The van der Waals surface area contributed by atoms with E-state index in [-0.39, 0.29) is 5.91 Å². The molecule has 2 N–H and O–H groups in total. The Bertz CT molecular complexity index is 927. The van der Waals surface area contributed by atoms with E-state index in [1.54, 1.807) is 0 Å². The third kappa shape index (κ3) is 3.31. The number of rotatable bonds is 3. The number of anilines is 1. The average Bonchev–Trinajstić information content (AvgIpc) is 2.98. The molecule has 0 radical (unpaired) electrons. The Morgan fingerprint density at radius 1 is 1.19 bits per heavy atom. The van der Waals surface area contributed by atoms with Crippen LogP contribution in [0.3, 0.4) is 0 Å². The highest BCUT2D eigenvalue weighted by Gasteiger charge is 2.27. The van der Waals surface area contributed by atoms with Crippen molar-refractivity contribution < 1.29 is 4.79 Å². The van der Waals surface area contributed by atoms with Crippen molar-refractivity contribution in [2.24, 2.45) is 5.92 Å². The van der Waals surface area contributed by atoms with Crippen LogP contribution >= 0.6 is 11.3 Å². The number of nitrogens with two attached hydrogens (primary N) is 1. The molecule has 1 fully saturated rings. The number of aryl methyl sites for hydroxylation is 1. The zero-order valence-corrected chi connectivity index (χ0v) is 15.8. The van der Waals surface area contributed by atoms with E-state index >= 15 is 0 Å². The van der Waals surface area contributed by atoms with Crippen LogP contribution in [-0.2, 0) is 6.42 Å². The summed E-state index contributed by atoms with van der Waals surface area (Å²) in [6.45, 7) is 3.56. The van der Waals surface area contributed by atoms with Gasteiger partial charge in [-0.15, -0.1) is 11.3 Å². The van der Waals surface area contributed by atoms with E-state index in [1.807, 2.05) is 24.0 Å². The first-order valence-electron chi connectivity index (χ1n) is 9.10. The standard InChI is InChI=1S/C21H23N3OS/c1-14-7-8-17-18(22)19(26-20(17)23-14)21(25)24-11-9-16(10-12-24)13-15-5-3-2-4-6-15/h2-8,16H,9-13,22H2,1H3. The minimum absolute atomic E-state index is 0.0568. The molecule has 134 valence electrons. The number of pyridine rings is 1. The van der Waals surface area contributed by atoms with Crippen LogP contribution < -0.4 is 5.73 Å². The van der Waals surface area contributed by atoms with Gasteiger partial charge in [-0.1, -0.05) is 30.3 Å². The third-order valence-corrected chi connectivity index (χ3v) is 6.30. The van der Waals surface area contributed by atoms with Gasteiger partial charge < -0.3 is 10.6 Å². The highest BCUT2D eigenvalue weighted by Crippen LogP contribution is 2.34. The average molecular weight is 366 g/mol. The fraction of sp³-hybridized carbons (Fsp3) is 0.333. The number of likely N-dealkylation sites (tertiary alicyclic amines) is 1. The zero-order valence-electron chi connectivity index (χ0n) is 14.9. The number of aromatic nitrogens is 1. The van der Waals surface area contributed by atoms with Gasteiger partial charge in [0.1, 0.15) is 9.71 Å². The predicted molar refractivity (Wildman–Crippen MR) is 108 cm³/mol. The number of nitrogen functional groups attached to an aromatic ring is 1. The molecule has 26 heavy (non-hydrogen) atoms. The summed E-state index contributed by atoms with van der Waals surface area (Å²) in [5.74, 6) is 0.701. The summed E-state index contributed by atoms with van der Waals surface area (Å²) in [6, 6.07) is 14.5. The van der Waals surface area contributed by atoms with Gasteiger partial charge in [0.05, 0.1) is 5.69 Å². The van der Waals surface area contributed by atoms with Crippen LogP contribution in [0.2, 0.25) is 0 Å². The molecule has 5 heteroatoms. The van der Waals surface area contributed by atoms with Gasteiger partial charge in [0.2, 0.25) is 0 Å². The maximum atomic E-state index is 13.0. The van der Waals surface area contributed by atoms with Crippen molar-refractivity contribution in [2.75, 3.05) is 18.8 Å². The predicted octanol–water partition coefficient (Wildman–Crippen LogP) is 4.28. The maximum absolute atomic E-state index is 13.0. The molecule has 0 spiro atoms. The van der Waals surface area contributed by atoms with Crippen LogP contribution in [0.15, 0.2) is 42.5 Å². The second-order valence-electron chi connectivity index (χ2n) is 7.08. The highest BCUT2D eigenvalue weighted by molar-refractivity contribution is 7.21. The fourth-order valence-electron chi connectivity index (χ4n) is 3.68. The molecule has 1 amide bonds. The molecule has 0 unspecified atom stereocenters. The molecule has 3 heterocycles. The molecule has 0 saturated carbocycles. The summed E-state index contributed by atoms with van der Waals surface area (Å²) >= 11 is 1.42. The summed E-state index contributed by atoms with van der Waals surface area (Å²) in [5.41, 5.74) is 9.15. The molecule has 0 aliphatic carbocycles. The van der Waals surface area contributed by atoms with E-state index in [4.69, 9.17) is 5.73 Å². The Morgan fingerprint density at radius 3 is 2.65 bits per heavy atom. The van der Waals surface area contributed by atoms with Crippen LogP contribution in [0.5, 0.6) is 0 Å². The molecule has 4 nitrogen and oxygen atoms in total.